The van der Waals surface area contributed by atoms with Crippen LogP contribution in [0.3, 0.4) is 0 Å². The summed E-state index contributed by atoms with van der Waals surface area (Å²) in [4.78, 5) is 22.2. The van der Waals surface area contributed by atoms with E-state index in [-0.39, 0.29) is 11.9 Å². The number of nitrogen functional groups attached to an aromatic ring is 1. The number of amides is 1. The van der Waals surface area contributed by atoms with Crippen molar-refractivity contribution in [1.29, 1.82) is 0 Å². The average molecular weight is 279 g/mol. The lowest BCUT2D eigenvalue weighted by atomic mass is 10.1. The Labute approximate surface area is 118 Å². The second-order valence-corrected chi connectivity index (χ2v) is 4.90. The van der Waals surface area contributed by atoms with Crippen LogP contribution in [0.4, 0.5) is 11.5 Å². The summed E-state index contributed by atoms with van der Waals surface area (Å²) >= 11 is 0. The molecule has 1 fully saturated rings. The average Bonchev–Trinajstić information content (AvgIpc) is 2.49. The van der Waals surface area contributed by atoms with E-state index in [2.05, 4.69) is 15.3 Å². The van der Waals surface area contributed by atoms with Crippen LogP contribution in [0, 0.1) is 0 Å². The maximum absolute atomic E-state index is 12.3. The zero-order chi connectivity index (χ0) is 14.5. The Kier molecular flexibility index (Phi) is 4.60. The molecule has 3 N–H and O–H groups in total. The van der Waals surface area contributed by atoms with E-state index < -0.39 is 0 Å². The van der Waals surface area contributed by atoms with Crippen molar-refractivity contribution >= 4 is 17.4 Å². The monoisotopic (exact) mass is 279 g/mol. The highest BCUT2D eigenvalue weighted by molar-refractivity contribution is 5.85. The molecular formula is C13H21N5O2. The van der Waals surface area contributed by atoms with Crippen LogP contribution in [0.2, 0.25) is 0 Å². The Morgan fingerprint density at radius 3 is 2.75 bits per heavy atom. The molecule has 0 spiro atoms. The standard InChI is InChI=1S/C13H21N5O2/c1-9(13(19)18-6-4-3-5-7-18)17-11-10(14)12(20-2)16-8-15-11/h8-9H,3-7,14H2,1-2H3,(H,15,16,17). The van der Waals surface area contributed by atoms with Gasteiger partial charge in [-0.05, 0) is 26.2 Å². The quantitative estimate of drug-likeness (QED) is 0.850. The number of aromatic nitrogens is 2. The minimum Gasteiger partial charge on any atom is -0.479 e. The lowest BCUT2D eigenvalue weighted by molar-refractivity contribution is -0.132. The minimum atomic E-state index is -0.380. The fourth-order valence-corrected chi connectivity index (χ4v) is 2.31. The Balaban J connectivity index is 2.03. The molecule has 7 heteroatoms. The van der Waals surface area contributed by atoms with Crippen LogP contribution >= 0.6 is 0 Å². The molecule has 0 aliphatic carbocycles. The molecule has 1 aromatic heterocycles. The molecule has 1 aliphatic heterocycles. The molecule has 7 nitrogen and oxygen atoms in total. The number of ether oxygens (including phenoxy) is 1. The van der Waals surface area contributed by atoms with Crippen molar-refractivity contribution in [3.05, 3.63) is 6.33 Å². The van der Waals surface area contributed by atoms with E-state index >= 15 is 0 Å². The van der Waals surface area contributed by atoms with Gasteiger partial charge in [0.05, 0.1) is 7.11 Å². The number of carbonyl (C=O) groups excluding carboxylic acids is 1. The first-order valence-corrected chi connectivity index (χ1v) is 6.83. The Bertz CT molecular complexity index is 474. The van der Waals surface area contributed by atoms with Gasteiger partial charge in [0, 0.05) is 13.1 Å². The molecule has 1 unspecified atom stereocenters. The fraction of sp³-hybridized carbons (Fsp3) is 0.615. The number of carbonyl (C=O) groups is 1. The molecule has 0 radical (unpaired) electrons. The normalized spacial score (nSPS) is 16.6. The number of nitrogens with zero attached hydrogens (tertiary/aromatic N) is 3. The van der Waals surface area contributed by atoms with Crippen molar-refractivity contribution in [1.82, 2.24) is 14.9 Å². The molecule has 1 saturated heterocycles. The van der Waals surface area contributed by atoms with E-state index in [9.17, 15) is 4.79 Å². The summed E-state index contributed by atoms with van der Waals surface area (Å²) in [5, 5.41) is 3.03. The van der Waals surface area contributed by atoms with Gasteiger partial charge in [-0.15, -0.1) is 0 Å². The predicted molar refractivity (Wildman–Crippen MR) is 76.5 cm³/mol. The van der Waals surface area contributed by atoms with E-state index in [0.29, 0.717) is 17.4 Å². The molecule has 20 heavy (non-hydrogen) atoms. The van der Waals surface area contributed by atoms with Gasteiger partial charge in [-0.3, -0.25) is 4.79 Å². The van der Waals surface area contributed by atoms with E-state index in [4.69, 9.17) is 10.5 Å². The molecule has 2 heterocycles. The summed E-state index contributed by atoms with van der Waals surface area (Å²) in [6.07, 6.45) is 4.70. The van der Waals surface area contributed by atoms with Gasteiger partial charge in [0.1, 0.15) is 18.1 Å². The minimum absolute atomic E-state index is 0.0710. The Morgan fingerprint density at radius 2 is 2.10 bits per heavy atom. The first-order chi connectivity index (χ1) is 9.63. The van der Waals surface area contributed by atoms with Crippen molar-refractivity contribution in [2.75, 3.05) is 31.2 Å². The maximum Gasteiger partial charge on any atom is 0.244 e. The third kappa shape index (κ3) is 3.09. The van der Waals surface area contributed by atoms with Crippen molar-refractivity contribution in [2.45, 2.75) is 32.2 Å². The summed E-state index contributed by atoms with van der Waals surface area (Å²) in [5.41, 5.74) is 6.20. The number of piperidine rings is 1. The maximum atomic E-state index is 12.3. The number of anilines is 2. The van der Waals surface area contributed by atoms with Gasteiger partial charge >= 0.3 is 0 Å². The zero-order valence-corrected chi connectivity index (χ0v) is 11.9. The largest absolute Gasteiger partial charge is 0.479 e. The number of hydrogen-bond acceptors (Lipinski definition) is 6. The molecule has 110 valence electrons. The van der Waals surface area contributed by atoms with Crippen molar-refractivity contribution in [3.63, 3.8) is 0 Å². The summed E-state index contributed by atoms with van der Waals surface area (Å²) in [5.74, 6) is 0.802. The first-order valence-electron chi connectivity index (χ1n) is 6.83. The molecule has 2 rings (SSSR count). The number of likely N-dealkylation sites (tertiary alicyclic amines) is 1. The smallest absolute Gasteiger partial charge is 0.244 e. The van der Waals surface area contributed by atoms with Crippen LogP contribution < -0.4 is 15.8 Å². The van der Waals surface area contributed by atoms with E-state index in [0.717, 1.165) is 25.9 Å². The molecular weight excluding hydrogens is 258 g/mol. The van der Waals surface area contributed by atoms with Crippen LogP contribution in [-0.2, 0) is 4.79 Å². The van der Waals surface area contributed by atoms with Gasteiger partial charge in [0.15, 0.2) is 5.82 Å². The van der Waals surface area contributed by atoms with Gasteiger partial charge < -0.3 is 20.7 Å². The van der Waals surface area contributed by atoms with Crippen LogP contribution in [0.5, 0.6) is 5.88 Å². The molecule has 0 aromatic carbocycles. The van der Waals surface area contributed by atoms with Gasteiger partial charge in [-0.25, -0.2) is 4.98 Å². The summed E-state index contributed by atoms with van der Waals surface area (Å²) in [7, 11) is 1.49. The van der Waals surface area contributed by atoms with Crippen molar-refractivity contribution < 1.29 is 9.53 Å². The first kappa shape index (κ1) is 14.4. The summed E-state index contributed by atoms with van der Waals surface area (Å²) in [6, 6.07) is -0.380. The summed E-state index contributed by atoms with van der Waals surface area (Å²) in [6.45, 7) is 3.46. The lowest BCUT2D eigenvalue weighted by Crippen LogP contribution is -2.44. The molecule has 1 aromatic rings. The molecule has 1 atom stereocenters. The lowest BCUT2D eigenvalue weighted by Gasteiger charge is -2.29. The number of nitrogens with one attached hydrogen (secondary N) is 1. The van der Waals surface area contributed by atoms with E-state index in [1.807, 2.05) is 11.8 Å². The van der Waals surface area contributed by atoms with Crippen LogP contribution in [0.1, 0.15) is 26.2 Å². The van der Waals surface area contributed by atoms with Gasteiger partial charge in [-0.1, -0.05) is 0 Å². The van der Waals surface area contributed by atoms with Crippen LogP contribution in [0.25, 0.3) is 0 Å². The third-order valence-electron chi connectivity index (χ3n) is 3.43. The number of nitrogens with two attached hydrogens (primary N) is 1. The highest BCUT2D eigenvalue weighted by atomic mass is 16.5. The second-order valence-electron chi connectivity index (χ2n) is 4.90. The molecule has 0 bridgehead atoms. The van der Waals surface area contributed by atoms with Crippen LogP contribution in [-0.4, -0.2) is 47.0 Å². The number of rotatable bonds is 4. The highest BCUT2D eigenvalue weighted by Gasteiger charge is 2.23. The van der Waals surface area contributed by atoms with Gasteiger partial charge in [0.25, 0.3) is 0 Å². The topological polar surface area (TPSA) is 93.4 Å². The Morgan fingerprint density at radius 1 is 1.40 bits per heavy atom. The molecule has 1 amide bonds. The third-order valence-corrected chi connectivity index (χ3v) is 3.43. The highest BCUT2D eigenvalue weighted by Crippen LogP contribution is 2.24. The van der Waals surface area contributed by atoms with Gasteiger partial charge in [0.2, 0.25) is 11.8 Å². The number of hydrogen-bond donors (Lipinski definition) is 2. The summed E-state index contributed by atoms with van der Waals surface area (Å²) < 4.78 is 5.03. The SMILES string of the molecule is COc1ncnc(NC(C)C(=O)N2CCCCC2)c1N. The molecule has 0 saturated carbocycles. The van der Waals surface area contributed by atoms with Gasteiger partial charge in [-0.2, -0.15) is 4.98 Å². The molecule has 1 aliphatic rings. The fourth-order valence-electron chi connectivity index (χ4n) is 2.31. The predicted octanol–water partition coefficient (Wildman–Crippen LogP) is 0.880. The van der Waals surface area contributed by atoms with E-state index in [1.54, 1.807) is 0 Å². The Hall–Kier alpha value is -2.05. The van der Waals surface area contributed by atoms with Crippen molar-refractivity contribution in [3.8, 4) is 5.88 Å². The second kappa shape index (κ2) is 6.40. The zero-order valence-electron chi connectivity index (χ0n) is 11.9. The van der Waals surface area contributed by atoms with Crippen LogP contribution in [0.15, 0.2) is 6.33 Å². The number of methoxy groups -OCH3 is 1. The van der Waals surface area contributed by atoms with E-state index in [1.165, 1.54) is 19.9 Å². The van der Waals surface area contributed by atoms with Crippen molar-refractivity contribution in [2.24, 2.45) is 0 Å².